The summed E-state index contributed by atoms with van der Waals surface area (Å²) in [6.45, 7) is 6.39. The Hall–Kier alpha value is -4.09. The summed E-state index contributed by atoms with van der Waals surface area (Å²) < 4.78 is 5.78. The molecular formula is C30H27ClN2O3. The van der Waals surface area contributed by atoms with Crippen LogP contribution in [0.5, 0.6) is 0 Å². The van der Waals surface area contributed by atoms with Gasteiger partial charge in [-0.05, 0) is 83.8 Å². The number of carbonyl (C=O) groups is 2. The zero-order valence-corrected chi connectivity index (χ0v) is 21.1. The van der Waals surface area contributed by atoms with Gasteiger partial charge in [0.05, 0.1) is 0 Å². The van der Waals surface area contributed by atoms with Gasteiger partial charge in [-0.3, -0.25) is 9.59 Å². The highest BCUT2D eigenvalue weighted by atomic mass is 35.5. The predicted octanol–water partition coefficient (Wildman–Crippen LogP) is 7.80. The average Bonchev–Trinajstić information content (AvgIpc) is 3.32. The van der Waals surface area contributed by atoms with Crippen molar-refractivity contribution in [1.29, 1.82) is 0 Å². The van der Waals surface area contributed by atoms with E-state index in [1.54, 1.807) is 48.5 Å². The number of carbonyl (C=O) groups excluding carboxylic acids is 2. The molecule has 0 aliphatic carbocycles. The zero-order valence-electron chi connectivity index (χ0n) is 20.3. The first-order chi connectivity index (χ1) is 17.2. The van der Waals surface area contributed by atoms with E-state index >= 15 is 0 Å². The maximum absolute atomic E-state index is 12.7. The molecule has 0 radical (unpaired) electrons. The monoisotopic (exact) mass is 498 g/mol. The van der Waals surface area contributed by atoms with Crippen LogP contribution in [-0.2, 0) is 10.2 Å². The number of benzene rings is 3. The van der Waals surface area contributed by atoms with Gasteiger partial charge in [0, 0.05) is 33.6 Å². The highest BCUT2D eigenvalue weighted by molar-refractivity contribution is 6.30. The standard InChI is InChI=1S/C30H27ClN2O3/c1-30(2,3)22-11-7-21(8-12-22)29(35)33-25-6-4-5-24(19-25)32-28(34)18-16-26-15-17-27(36-26)20-9-13-23(31)14-10-20/h4-19H,1-3H3,(H,32,34)(H,33,35)/b18-16+. The highest BCUT2D eigenvalue weighted by Crippen LogP contribution is 2.25. The number of anilines is 2. The van der Waals surface area contributed by atoms with Crippen LogP contribution in [0.2, 0.25) is 5.02 Å². The van der Waals surface area contributed by atoms with Gasteiger partial charge in [-0.15, -0.1) is 0 Å². The van der Waals surface area contributed by atoms with E-state index in [2.05, 4.69) is 31.4 Å². The van der Waals surface area contributed by atoms with Gasteiger partial charge >= 0.3 is 0 Å². The van der Waals surface area contributed by atoms with Crippen LogP contribution in [0.25, 0.3) is 17.4 Å². The summed E-state index contributed by atoms with van der Waals surface area (Å²) in [6, 6.07) is 25.5. The Morgan fingerprint density at radius 2 is 1.50 bits per heavy atom. The first-order valence-electron chi connectivity index (χ1n) is 11.5. The molecule has 0 atom stereocenters. The summed E-state index contributed by atoms with van der Waals surface area (Å²) in [7, 11) is 0. The highest BCUT2D eigenvalue weighted by Gasteiger charge is 2.14. The molecule has 1 heterocycles. The molecule has 4 rings (SSSR count). The molecule has 0 bridgehead atoms. The Kier molecular flexibility index (Phi) is 7.41. The van der Waals surface area contributed by atoms with Crippen molar-refractivity contribution in [3.63, 3.8) is 0 Å². The minimum atomic E-state index is -0.319. The van der Waals surface area contributed by atoms with E-state index in [9.17, 15) is 9.59 Å². The van der Waals surface area contributed by atoms with Crippen molar-refractivity contribution in [3.05, 3.63) is 113 Å². The number of nitrogens with one attached hydrogen (secondary N) is 2. The zero-order chi connectivity index (χ0) is 25.7. The molecule has 0 saturated carbocycles. The van der Waals surface area contributed by atoms with Crippen LogP contribution in [0.4, 0.5) is 11.4 Å². The van der Waals surface area contributed by atoms with Crippen molar-refractivity contribution in [2.75, 3.05) is 10.6 Å². The molecule has 4 aromatic rings. The molecule has 0 aliphatic heterocycles. The largest absolute Gasteiger partial charge is 0.457 e. The number of hydrogen-bond acceptors (Lipinski definition) is 3. The summed E-state index contributed by atoms with van der Waals surface area (Å²) in [4.78, 5) is 25.1. The molecule has 2 N–H and O–H groups in total. The van der Waals surface area contributed by atoms with Crippen LogP contribution >= 0.6 is 11.6 Å². The third-order valence-electron chi connectivity index (χ3n) is 5.56. The van der Waals surface area contributed by atoms with E-state index in [-0.39, 0.29) is 17.2 Å². The SMILES string of the molecule is CC(C)(C)c1ccc(C(=O)Nc2cccc(NC(=O)/C=C/c3ccc(-c4ccc(Cl)cc4)o3)c2)cc1. The van der Waals surface area contributed by atoms with Gasteiger partial charge in [0.2, 0.25) is 5.91 Å². The number of halogens is 1. The second-order valence-electron chi connectivity index (χ2n) is 9.39. The lowest BCUT2D eigenvalue weighted by Gasteiger charge is -2.19. The molecule has 0 saturated heterocycles. The third-order valence-corrected chi connectivity index (χ3v) is 5.81. The maximum atomic E-state index is 12.7. The summed E-state index contributed by atoms with van der Waals surface area (Å²) in [5, 5.41) is 6.33. The Morgan fingerprint density at radius 1 is 0.833 bits per heavy atom. The van der Waals surface area contributed by atoms with Crippen molar-refractivity contribution in [2.24, 2.45) is 0 Å². The van der Waals surface area contributed by atoms with Crippen molar-refractivity contribution < 1.29 is 14.0 Å². The van der Waals surface area contributed by atoms with Crippen molar-refractivity contribution >= 4 is 40.9 Å². The van der Waals surface area contributed by atoms with Crippen LogP contribution in [0.1, 0.15) is 42.5 Å². The quantitative estimate of drug-likeness (QED) is 0.266. The van der Waals surface area contributed by atoms with Gasteiger partial charge in [0.15, 0.2) is 0 Å². The topological polar surface area (TPSA) is 71.3 Å². The second-order valence-corrected chi connectivity index (χ2v) is 9.83. The molecule has 3 aromatic carbocycles. The van der Waals surface area contributed by atoms with Crippen molar-refractivity contribution in [2.45, 2.75) is 26.2 Å². The van der Waals surface area contributed by atoms with E-state index < -0.39 is 0 Å². The normalized spacial score (nSPS) is 11.4. The lowest BCUT2D eigenvalue weighted by atomic mass is 9.87. The van der Waals surface area contributed by atoms with E-state index in [0.717, 1.165) is 11.1 Å². The third kappa shape index (κ3) is 6.52. The molecular weight excluding hydrogens is 472 g/mol. The molecule has 0 fully saturated rings. The summed E-state index contributed by atoms with van der Waals surface area (Å²) in [5.41, 5.74) is 3.79. The van der Waals surface area contributed by atoms with Gasteiger partial charge in [-0.25, -0.2) is 0 Å². The summed E-state index contributed by atoms with van der Waals surface area (Å²) in [5.74, 6) is 0.700. The minimum Gasteiger partial charge on any atom is -0.457 e. The fourth-order valence-electron chi connectivity index (χ4n) is 3.55. The van der Waals surface area contributed by atoms with Gasteiger partial charge in [-0.1, -0.05) is 50.6 Å². The van der Waals surface area contributed by atoms with E-state index in [1.807, 2.05) is 42.5 Å². The molecule has 0 unspecified atom stereocenters. The molecule has 2 amide bonds. The van der Waals surface area contributed by atoms with Crippen LogP contribution in [0.3, 0.4) is 0 Å². The fourth-order valence-corrected chi connectivity index (χ4v) is 3.68. The lowest BCUT2D eigenvalue weighted by molar-refractivity contribution is -0.111. The van der Waals surface area contributed by atoms with E-state index in [1.165, 1.54) is 6.08 Å². The Balaban J connectivity index is 1.36. The van der Waals surface area contributed by atoms with Gasteiger partial charge in [-0.2, -0.15) is 0 Å². The number of furan rings is 1. The Morgan fingerprint density at radius 3 is 2.17 bits per heavy atom. The summed E-state index contributed by atoms with van der Waals surface area (Å²) >= 11 is 5.93. The molecule has 6 heteroatoms. The van der Waals surface area contributed by atoms with E-state index in [4.69, 9.17) is 16.0 Å². The average molecular weight is 499 g/mol. The second kappa shape index (κ2) is 10.7. The smallest absolute Gasteiger partial charge is 0.255 e. The fraction of sp³-hybridized carbons (Fsp3) is 0.133. The molecule has 182 valence electrons. The van der Waals surface area contributed by atoms with Crippen molar-refractivity contribution in [1.82, 2.24) is 0 Å². The Labute approximate surface area is 215 Å². The maximum Gasteiger partial charge on any atom is 0.255 e. The molecule has 0 aliphatic rings. The van der Waals surface area contributed by atoms with Crippen LogP contribution < -0.4 is 10.6 Å². The van der Waals surface area contributed by atoms with E-state index in [0.29, 0.717) is 33.5 Å². The van der Waals surface area contributed by atoms with Crippen LogP contribution in [0, 0.1) is 0 Å². The lowest BCUT2D eigenvalue weighted by Crippen LogP contribution is -2.14. The predicted molar refractivity (Wildman–Crippen MR) is 146 cm³/mol. The minimum absolute atomic E-state index is 0.0198. The number of hydrogen-bond donors (Lipinski definition) is 2. The van der Waals surface area contributed by atoms with Gasteiger partial charge in [0.25, 0.3) is 5.91 Å². The molecule has 1 aromatic heterocycles. The summed E-state index contributed by atoms with van der Waals surface area (Å²) in [6.07, 6.45) is 2.99. The number of rotatable bonds is 6. The molecule has 0 spiro atoms. The first kappa shape index (κ1) is 25.0. The first-order valence-corrected chi connectivity index (χ1v) is 11.9. The van der Waals surface area contributed by atoms with Gasteiger partial charge < -0.3 is 15.1 Å². The molecule has 5 nitrogen and oxygen atoms in total. The van der Waals surface area contributed by atoms with Crippen LogP contribution in [0.15, 0.2) is 95.4 Å². The van der Waals surface area contributed by atoms with Gasteiger partial charge in [0.1, 0.15) is 11.5 Å². The van der Waals surface area contributed by atoms with Crippen molar-refractivity contribution in [3.8, 4) is 11.3 Å². The number of amides is 2. The molecule has 36 heavy (non-hydrogen) atoms. The van der Waals surface area contributed by atoms with Crippen LogP contribution in [-0.4, -0.2) is 11.8 Å². The Bertz CT molecular complexity index is 1400.